The predicted molar refractivity (Wildman–Crippen MR) is 408 cm³/mol. The number of rotatable bonds is 73. The van der Waals surface area contributed by atoms with E-state index in [0.29, 0.717) is 25.7 Å². The number of allylic oxidation sites excluding steroid dienone is 18. The van der Waals surface area contributed by atoms with Gasteiger partial charge in [0.25, 0.3) is 0 Å². The fourth-order valence-electron chi connectivity index (χ4n) is 10.4. The number of hydrogen-bond donors (Lipinski definition) is 3. The molecule has 0 aromatic heterocycles. The minimum atomic E-state index is -4.99. The van der Waals surface area contributed by atoms with Crippen molar-refractivity contribution in [3.05, 3.63) is 109 Å². The van der Waals surface area contributed by atoms with Crippen molar-refractivity contribution in [3.63, 3.8) is 0 Å². The van der Waals surface area contributed by atoms with Gasteiger partial charge in [-0.25, -0.2) is 9.13 Å². The number of ether oxygens (including phenoxy) is 4. The Labute approximate surface area is 607 Å². The molecule has 5 atom stereocenters. The van der Waals surface area contributed by atoms with Gasteiger partial charge in [-0.3, -0.25) is 37.3 Å². The topological polar surface area (TPSA) is 237 Å². The molecule has 0 aliphatic carbocycles. The molecule has 0 spiro atoms. The minimum absolute atomic E-state index is 0.0699. The Morgan fingerprint density at radius 1 is 0.290 bits per heavy atom. The van der Waals surface area contributed by atoms with E-state index in [4.69, 9.17) is 37.0 Å². The Hall–Kier alpha value is -4.28. The molecular weight excluding hydrogens is 1310 g/mol. The smallest absolute Gasteiger partial charge is 0.462 e. The summed E-state index contributed by atoms with van der Waals surface area (Å²) in [6, 6.07) is 0. The zero-order chi connectivity index (χ0) is 73.2. The van der Waals surface area contributed by atoms with Gasteiger partial charge in [0.15, 0.2) is 12.2 Å². The average Bonchev–Trinajstić information content (AvgIpc) is 1.06. The molecule has 100 heavy (non-hydrogen) atoms. The van der Waals surface area contributed by atoms with Crippen LogP contribution in [0.4, 0.5) is 0 Å². The lowest BCUT2D eigenvalue weighted by molar-refractivity contribution is -0.161. The van der Waals surface area contributed by atoms with Crippen LogP contribution in [-0.2, 0) is 65.4 Å². The zero-order valence-corrected chi connectivity index (χ0v) is 64.6. The van der Waals surface area contributed by atoms with Crippen molar-refractivity contribution in [2.45, 2.75) is 341 Å². The van der Waals surface area contributed by atoms with E-state index >= 15 is 0 Å². The lowest BCUT2D eigenvalue weighted by Gasteiger charge is -2.21. The van der Waals surface area contributed by atoms with Crippen LogP contribution in [0.5, 0.6) is 0 Å². The van der Waals surface area contributed by atoms with Gasteiger partial charge in [-0.15, -0.1) is 0 Å². The quantitative estimate of drug-likeness (QED) is 0.0169. The van der Waals surface area contributed by atoms with Crippen molar-refractivity contribution in [2.75, 3.05) is 39.6 Å². The second kappa shape index (κ2) is 73.0. The lowest BCUT2D eigenvalue weighted by Crippen LogP contribution is -2.30. The lowest BCUT2D eigenvalue weighted by atomic mass is 10.1. The molecule has 0 fully saturated rings. The summed E-state index contributed by atoms with van der Waals surface area (Å²) in [6.45, 7) is 4.60. The highest BCUT2D eigenvalue weighted by molar-refractivity contribution is 7.47. The van der Waals surface area contributed by atoms with E-state index in [2.05, 4.69) is 137 Å². The number of esters is 4. The Morgan fingerprint density at radius 3 is 0.810 bits per heavy atom. The van der Waals surface area contributed by atoms with Gasteiger partial charge in [0.1, 0.15) is 19.3 Å². The van der Waals surface area contributed by atoms with Crippen LogP contribution >= 0.6 is 15.6 Å². The van der Waals surface area contributed by atoms with Crippen molar-refractivity contribution in [1.82, 2.24) is 0 Å². The summed E-state index contributed by atoms with van der Waals surface area (Å²) in [7, 11) is -9.96. The number of carbonyl (C=O) groups is 4. The second-order valence-electron chi connectivity index (χ2n) is 25.9. The number of unbranched alkanes of at least 4 members (excludes halogenated alkanes) is 29. The third-order valence-electron chi connectivity index (χ3n) is 16.3. The number of phosphoric acid groups is 2. The monoisotopic (exact) mass is 1450 g/mol. The van der Waals surface area contributed by atoms with E-state index in [9.17, 15) is 43.2 Å². The SMILES string of the molecule is CC/C=C\C/C=C\C/C=C\C/C=C\C/C=C\CCCCCC(=O)OCC(COP(=O)(O)OCC(O)COP(=O)(O)OCC(COC(=O)CCCCCCCCCCCCC)OC(=O)CCCCCCCCCCCCC)OC(=O)CCCCCCCC/C=C\C/C=C\C/C=C\C/C=C\CC. The molecular formula is C81H140O17P2. The molecule has 0 radical (unpaired) electrons. The molecule has 0 heterocycles. The van der Waals surface area contributed by atoms with Gasteiger partial charge in [0.2, 0.25) is 0 Å². The van der Waals surface area contributed by atoms with Crippen molar-refractivity contribution in [1.29, 1.82) is 0 Å². The molecule has 3 N–H and O–H groups in total. The third kappa shape index (κ3) is 72.1. The molecule has 0 amide bonds. The third-order valence-corrected chi connectivity index (χ3v) is 18.2. The summed E-state index contributed by atoms with van der Waals surface area (Å²) in [5.74, 6) is -2.21. The number of phosphoric ester groups is 2. The number of carbonyl (C=O) groups excluding carboxylic acids is 4. The summed E-state index contributed by atoms with van der Waals surface area (Å²) in [5, 5.41) is 10.6. The number of aliphatic hydroxyl groups excluding tert-OH is 1. The van der Waals surface area contributed by atoms with Crippen LogP contribution in [0.25, 0.3) is 0 Å². The second-order valence-corrected chi connectivity index (χ2v) is 28.8. The zero-order valence-electron chi connectivity index (χ0n) is 62.8. The Kier molecular flexibility index (Phi) is 69.9. The number of hydrogen-bond acceptors (Lipinski definition) is 15. The molecule has 19 heteroatoms. The standard InChI is InChI=1S/C81H140O17P2/c1-5-9-13-17-21-25-29-31-33-35-37-39-41-43-47-50-54-58-62-66-79(84)92-72-77(98-81(86)68-64-60-56-52-48-44-42-40-38-36-34-32-30-26-22-18-14-10-6-2)74-96-100(89,90)94-70-75(82)69-93-99(87,88)95-73-76(97-80(85)67-63-59-55-51-46-28-24-20-16-12-8-4)71-91-78(83)65-61-57-53-49-45-27-23-19-15-11-7-3/h9-10,13-14,21-22,25-26,31-34,37-40,43,47,75-77,82H,5-8,11-12,15-20,23-24,27-30,35-36,41-42,44-46,48-74H2,1-4H3,(H,87,88)(H,89,90)/b13-9-,14-10-,25-21-,26-22-,33-31-,34-32-,39-37-,40-38-,47-43-. The molecule has 0 saturated carbocycles. The predicted octanol–water partition coefficient (Wildman–Crippen LogP) is 22.6. The van der Waals surface area contributed by atoms with E-state index < -0.39 is 97.5 Å². The van der Waals surface area contributed by atoms with Crippen LogP contribution in [0.2, 0.25) is 0 Å². The molecule has 5 unspecified atom stereocenters. The van der Waals surface area contributed by atoms with Crippen molar-refractivity contribution in [2.24, 2.45) is 0 Å². The van der Waals surface area contributed by atoms with E-state index in [1.165, 1.54) is 83.5 Å². The normalized spacial score (nSPS) is 14.5. The van der Waals surface area contributed by atoms with Gasteiger partial charge in [-0.05, 0) is 109 Å². The molecule has 0 aliphatic heterocycles. The summed E-state index contributed by atoms with van der Waals surface area (Å²) < 4.78 is 68.5. The highest BCUT2D eigenvalue weighted by atomic mass is 31.2. The van der Waals surface area contributed by atoms with Gasteiger partial charge >= 0.3 is 39.5 Å². The molecule has 0 bridgehead atoms. The molecule has 0 saturated heterocycles. The minimum Gasteiger partial charge on any atom is -0.462 e. The maximum atomic E-state index is 13.1. The Morgan fingerprint density at radius 2 is 0.520 bits per heavy atom. The molecule has 17 nitrogen and oxygen atoms in total. The van der Waals surface area contributed by atoms with Crippen molar-refractivity contribution < 1.29 is 80.2 Å². The van der Waals surface area contributed by atoms with Crippen LogP contribution in [0, 0.1) is 0 Å². The first-order valence-electron chi connectivity index (χ1n) is 39.1. The van der Waals surface area contributed by atoms with E-state index in [-0.39, 0.29) is 25.7 Å². The molecule has 0 aromatic rings. The first-order valence-corrected chi connectivity index (χ1v) is 42.1. The highest BCUT2D eigenvalue weighted by Gasteiger charge is 2.30. The van der Waals surface area contributed by atoms with Crippen LogP contribution in [0.15, 0.2) is 109 Å². The van der Waals surface area contributed by atoms with Crippen molar-refractivity contribution in [3.8, 4) is 0 Å². The summed E-state index contributed by atoms with van der Waals surface area (Å²) in [5.41, 5.74) is 0. The first kappa shape index (κ1) is 95.7. The van der Waals surface area contributed by atoms with Gasteiger partial charge in [0.05, 0.1) is 26.4 Å². The van der Waals surface area contributed by atoms with Gasteiger partial charge in [-0.2, -0.15) is 0 Å². The van der Waals surface area contributed by atoms with Crippen LogP contribution < -0.4 is 0 Å². The van der Waals surface area contributed by atoms with Crippen LogP contribution in [0.1, 0.15) is 323 Å². The van der Waals surface area contributed by atoms with E-state index in [1.807, 2.05) is 0 Å². The van der Waals surface area contributed by atoms with Gasteiger partial charge in [0, 0.05) is 25.7 Å². The fourth-order valence-corrected chi connectivity index (χ4v) is 11.9. The van der Waals surface area contributed by atoms with E-state index in [0.717, 1.165) is 161 Å². The Bertz CT molecular complexity index is 2320. The van der Waals surface area contributed by atoms with Crippen molar-refractivity contribution >= 4 is 39.5 Å². The highest BCUT2D eigenvalue weighted by Crippen LogP contribution is 2.45. The largest absolute Gasteiger partial charge is 0.472 e. The summed E-state index contributed by atoms with van der Waals surface area (Å²) in [4.78, 5) is 72.8. The summed E-state index contributed by atoms with van der Waals surface area (Å²) >= 11 is 0. The Balaban J connectivity index is 5.36. The summed E-state index contributed by atoms with van der Waals surface area (Å²) in [6.07, 6.45) is 77.9. The molecule has 0 aromatic carbocycles. The van der Waals surface area contributed by atoms with Gasteiger partial charge < -0.3 is 33.8 Å². The molecule has 576 valence electrons. The first-order chi connectivity index (χ1) is 48.7. The maximum Gasteiger partial charge on any atom is 0.472 e. The fraction of sp³-hybridized carbons (Fsp3) is 0.728. The molecule has 0 rings (SSSR count). The molecule has 0 aliphatic rings. The van der Waals surface area contributed by atoms with Gasteiger partial charge in [-0.1, -0.05) is 298 Å². The number of aliphatic hydroxyl groups is 1. The maximum absolute atomic E-state index is 13.1. The van der Waals surface area contributed by atoms with Crippen LogP contribution in [0.3, 0.4) is 0 Å². The van der Waals surface area contributed by atoms with E-state index in [1.54, 1.807) is 0 Å². The van der Waals surface area contributed by atoms with Crippen LogP contribution in [-0.4, -0.2) is 96.7 Å². The average molecular weight is 1450 g/mol.